The molecule has 0 bridgehead atoms. The Kier molecular flexibility index (Phi) is 32.8. The van der Waals surface area contributed by atoms with Crippen molar-refractivity contribution in [2.75, 3.05) is 33.0 Å². The smallest absolute Gasteiger partial charge is 0.305 e. The number of hydrogen-bond donors (Lipinski definition) is 1. The molecular weight excluding hydrogens is 544 g/mol. The number of hydrogen-bond acceptors (Lipinski definition) is 7. The fourth-order valence-corrected chi connectivity index (χ4v) is 4.94. The van der Waals surface area contributed by atoms with Crippen LogP contribution in [-0.4, -0.2) is 56.4 Å². The van der Waals surface area contributed by atoms with Crippen LogP contribution in [0.5, 0.6) is 0 Å². The lowest BCUT2D eigenvalue weighted by Gasteiger charge is -2.19. The molecule has 0 spiro atoms. The minimum Gasteiger partial charge on any atom is -0.465 e. The van der Waals surface area contributed by atoms with Crippen LogP contribution in [0.1, 0.15) is 175 Å². The molecule has 0 fully saturated rings. The Hall–Kier alpha value is -1.18. The monoisotopic (exact) mass is 615 g/mol. The van der Waals surface area contributed by atoms with Gasteiger partial charge in [-0.1, -0.05) is 136 Å². The van der Waals surface area contributed by atoms with E-state index in [1.807, 2.05) is 0 Å². The van der Waals surface area contributed by atoms with Crippen molar-refractivity contribution in [3.63, 3.8) is 0 Å². The van der Waals surface area contributed by atoms with Crippen molar-refractivity contribution in [1.29, 1.82) is 0 Å². The Balaban J connectivity index is 4.19. The standard InChI is InChI=1S/C36H70O7/c1-4-7-10-13-16-17-18-19-22-25-34(38)42-31-33(30-37)32-43-35(39)26-27-36(40-28-23-20-14-11-8-5-2)41-29-24-21-15-12-9-6-3/h33,36-37H,4-32H2,1-3H3/t33-/m1/s1. The third-order valence-corrected chi connectivity index (χ3v) is 7.89. The van der Waals surface area contributed by atoms with Crippen LogP contribution < -0.4 is 0 Å². The predicted octanol–water partition coefficient (Wildman–Crippen LogP) is 9.46. The maximum absolute atomic E-state index is 12.4. The fourth-order valence-electron chi connectivity index (χ4n) is 4.94. The van der Waals surface area contributed by atoms with E-state index in [-0.39, 0.29) is 38.2 Å². The summed E-state index contributed by atoms with van der Waals surface area (Å²) in [5.41, 5.74) is 0. The van der Waals surface area contributed by atoms with E-state index in [2.05, 4.69) is 20.8 Å². The highest BCUT2D eigenvalue weighted by molar-refractivity contribution is 5.69. The summed E-state index contributed by atoms with van der Waals surface area (Å²) in [6.07, 6.45) is 25.7. The molecule has 7 nitrogen and oxygen atoms in total. The number of carbonyl (C=O) groups is 2. The van der Waals surface area contributed by atoms with Gasteiger partial charge in [-0.15, -0.1) is 0 Å². The summed E-state index contributed by atoms with van der Waals surface area (Å²) in [4.78, 5) is 24.5. The van der Waals surface area contributed by atoms with Gasteiger partial charge < -0.3 is 24.1 Å². The van der Waals surface area contributed by atoms with E-state index < -0.39 is 12.2 Å². The van der Waals surface area contributed by atoms with Gasteiger partial charge >= 0.3 is 11.9 Å². The van der Waals surface area contributed by atoms with Gasteiger partial charge in [0.05, 0.1) is 32.2 Å². The SMILES string of the molecule is CCCCCCCCCCCC(=O)OC[C@@H](CO)COC(=O)CCC(OCCCCCCCC)OCCCCCCCC. The van der Waals surface area contributed by atoms with E-state index in [4.69, 9.17) is 18.9 Å². The van der Waals surface area contributed by atoms with Crippen LogP contribution in [0.25, 0.3) is 0 Å². The van der Waals surface area contributed by atoms with Crippen LogP contribution in [0.2, 0.25) is 0 Å². The summed E-state index contributed by atoms with van der Waals surface area (Å²) >= 11 is 0. The van der Waals surface area contributed by atoms with Crippen molar-refractivity contribution in [1.82, 2.24) is 0 Å². The average molecular weight is 615 g/mol. The number of ether oxygens (including phenoxy) is 4. The van der Waals surface area contributed by atoms with Crippen LogP contribution in [0.4, 0.5) is 0 Å². The molecule has 0 unspecified atom stereocenters. The van der Waals surface area contributed by atoms with Crippen LogP contribution in [0.15, 0.2) is 0 Å². The second kappa shape index (κ2) is 33.7. The normalized spacial score (nSPS) is 12.1. The molecule has 0 saturated heterocycles. The number of esters is 2. The van der Waals surface area contributed by atoms with E-state index in [9.17, 15) is 14.7 Å². The number of carbonyl (C=O) groups excluding carboxylic acids is 2. The maximum atomic E-state index is 12.4. The van der Waals surface area contributed by atoms with Crippen molar-refractivity contribution in [2.24, 2.45) is 5.92 Å². The predicted molar refractivity (Wildman–Crippen MR) is 176 cm³/mol. The van der Waals surface area contributed by atoms with Crippen molar-refractivity contribution >= 4 is 11.9 Å². The van der Waals surface area contributed by atoms with Crippen molar-refractivity contribution < 1.29 is 33.6 Å². The first-order chi connectivity index (χ1) is 21.1. The maximum Gasteiger partial charge on any atom is 0.305 e. The number of rotatable bonds is 34. The topological polar surface area (TPSA) is 91.3 Å². The quantitative estimate of drug-likeness (QED) is 0.0438. The van der Waals surface area contributed by atoms with Crippen LogP contribution >= 0.6 is 0 Å². The van der Waals surface area contributed by atoms with Crippen molar-refractivity contribution in [3.8, 4) is 0 Å². The Morgan fingerprint density at radius 2 is 0.884 bits per heavy atom. The molecule has 0 saturated carbocycles. The van der Waals surface area contributed by atoms with E-state index in [0.29, 0.717) is 26.1 Å². The molecule has 7 heteroatoms. The lowest BCUT2D eigenvalue weighted by molar-refractivity contribution is -0.161. The van der Waals surface area contributed by atoms with Gasteiger partial charge in [0.15, 0.2) is 6.29 Å². The zero-order valence-corrected chi connectivity index (χ0v) is 28.6. The highest BCUT2D eigenvalue weighted by Crippen LogP contribution is 2.13. The summed E-state index contributed by atoms with van der Waals surface area (Å²) in [6.45, 7) is 7.83. The van der Waals surface area contributed by atoms with Crippen molar-refractivity contribution in [3.05, 3.63) is 0 Å². The summed E-state index contributed by atoms with van der Waals surface area (Å²) in [5.74, 6) is -1.02. The van der Waals surface area contributed by atoms with Crippen LogP contribution in [0, 0.1) is 5.92 Å². The Morgan fingerprint density at radius 3 is 1.30 bits per heavy atom. The first-order valence-electron chi connectivity index (χ1n) is 18.2. The lowest BCUT2D eigenvalue weighted by Crippen LogP contribution is -2.25. The number of aliphatic hydroxyl groups excluding tert-OH is 1. The van der Waals surface area contributed by atoms with Gasteiger partial charge in [-0.05, 0) is 19.3 Å². The van der Waals surface area contributed by atoms with E-state index in [0.717, 1.165) is 44.9 Å². The summed E-state index contributed by atoms with van der Waals surface area (Å²) < 4.78 is 22.7. The summed E-state index contributed by atoms with van der Waals surface area (Å²) in [6, 6.07) is 0. The van der Waals surface area contributed by atoms with Crippen LogP contribution in [0.3, 0.4) is 0 Å². The van der Waals surface area contributed by atoms with Gasteiger partial charge in [0.1, 0.15) is 0 Å². The third-order valence-electron chi connectivity index (χ3n) is 7.89. The van der Waals surface area contributed by atoms with Gasteiger partial charge in [0.2, 0.25) is 0 Å². The second-order valence-corrected chi connectivity index (χ2v) is 12.2. The van der Waals surface area contributed by atoms with Gasteiger partial charge in [0, 0.05) is 26.1 Å². The highest BCUT2D eigenvalue weighted by atomic mass is 16.7. The molecule has 256 valence electrons. The first-order valence-corrected chi connectivity index (χ1v) is 18.2. The summed E-state index contributed by atoms with van der Waals surface area (Å²) in [7, 11) is 0. The largest absolute Gasteiger partial charge is 0.465 e. The molecule has 0 rings (SSSR count). The first kappa shape index (κ1) is 41.8. The zero-order chi connectivity index (χ0) is 31.6. The van der Waals surface area contributed by atoms with Gasteiger partial charge in [0.25, 0.3) is 0 Å². The molecule has 0 aromatic heterocycles. The number of aliphatic hydroxyl groups is 1. The Morgan fingerprint density at radius 1 is 0.512 bits per heavy atom. The van der Waals surface area contributed by atoms with E-state index >= 15 is 0 Å². The summed E-state index contributed by atoms with van der Waals surface area (Å²) in [5, 5.41) is 9.67. The molecule has 0 aliphatic heterocycles. The van der Waals surface area contributed by atoms with Gasteiger partial charge in [-0.25, -0.2) is 0 Å². The Bertz CT molecular complexity index is 580. The second-order valence-electron chi connectivity index (χ2n) is 12.2. The molecule has 0 heterocycles. The molecule has 43 heavy (non-hydrogen) atoms. The van der Waals surface area contributed by atoms with E-state index in [1.54, 1.807) is 0 Å². The molecule has 0 aromatic carbocycles. The lowest BCUT2D eigenvalue weighted by atomic mass is 10.1. The van der Waals surface area contributed by atoms with Crippen molar-refractivity contribution in [2.45, 2.75) is 181 Å². The highest BCUT2D eigenvalue weighted by Gasteiger charge is 2.17. The van der Waals surface area contributed by atoms with Gasteiger partial charge in [-0.2, -0.15) is 0 Å². The minimum atomic E-state index is -0.417. The molecule has 0 aliphatic rings. The van der Waals surface area contributed by atoms with E-state index in [1.165, 1.54) is 89.9 Å². The fraction of sp³-hybridized carbons (Fsp3) is 0.944. The average Bonchev–Trinajstić information content (AvgIpc) is 3.01. The molecule has 1 N–H and O–H groups in total. The molecule has 1 atom stereocenters. The van der Waals surface area contributed by atoms with Crippen LogP contribution in [-0.2, 0) is 28.5 Å². The molecule has 0 aliphatic carbocycles. The number of unbranched alkanes of at least 4 members (excludes halogenated alkanes) is 18. The third kappa shape index (κ3) is 30.6. The molecule has 0 aromatic rings. The molecular formula is C36H70O7. The zero-order valence-electron chi connectivity index (χ0n) is 28.6. The minimum absolute atomic E-state index is 0.0303. The molecule has 0 amide bonds. The molecule has 0 radical (unpaired) electrons. The van der Waals surface area contributed by atoms with Gasteiger partial charge in [-0.3, -0.25) is 9.59 Å². The Labute approximate surface area is 265 Å².